The van der Waals surface area contributed by atoms with Crippen LogP contribution in [0.3, 0.4) is 0 Å². The van der Waals surface area contributed by atoms with Gasteiger partial charge < -0.3 is 10.6 Å². The monoisotopic (exact) mass is 290 g/mol. The molecule has 0 aliphatic rings. The van der Waals surface area contributed by atoms with E-state index in [1.165, 1.54) is 17.0 Å². The number of carbonyl (C=O) groups is 1. The van der Waals surface area contributed by atoms with Crippen LogP contribution >= 0.6 is 0 Å². The molecule has 2 rings (SSSR count). The molecule has 112 valence electrons. The Kier molecular flexibility index (Phi) is 4.70. The van der Waals surface area contributed by atoms with Gasteiger partial charge in [-0.3, -0.25) is 9.48 Å². The van der Waals surface area contributed by atoms with Crippen molar-refractivity contribution in [2.45, 2.75) is 19.9 Å². The number of amides is 1. The molecule has 21 heavy (non-hydrogen) atoms. The van der Waals surface area contributed by atoms with Crippen molar-refractivity contribution in [3.05, 3.63) is 47.5 Å². The molecule has 1 aromatic heterocycles. The van der Waals surface area contributed by atoms with Crippen molar-refractivity contribution < 1.29 is 9.18 Å². The van der Waals surface area contributed by atoms with Crippen molar-refractivity contribution in [3.63, 3.8) is 0 Å². The number of aromatic nitrogens is 2. The van der Waals surface area contributed by atoms with Crippen molar-refractivity contribution in [1.29, 1.82) is 0 Å². The zero-order chi connectivity index (χ0) is 15.4. The number of nitrogens with zero attached hydrogens (tertiary/aromatic N) is 3. The highest BCUT2D eigenvalue weighted by Gasteiger charge is 2.19. The fraction of sp³-hybridized carbons (Fsp3) is 0.333. The quantitative estimate of drug-likeness (QED) is 0.915. The fourth-order valence-electron chi connectivity index (χ4n) is 2.11. The maximum Gasteiger partial charge on any atom is 0.261 e. The molecule has 0 atom stereocenters. The van der Waals surface area contributed by atoms with Crippen molar-refractivity contribution in [1.82, 2.24) is 9.78 Å². The molecule has 1 amide bonds. The van der Waals surface area contributed by atoms with Crippen LogP contribution in [0.5, 0.6) is 0 Å². The summed E-state index contributed by atoms with van der Waals surface area (Å²) >= 11 is 0. The van der Waals surface area contributed by atoms with Gasteiger partial charge in [-0.25, -0.2) is 4.39 Å². The van der Waals surface area contributed by atoms with E-state index < -0.39 is 0 Å². The highest BCUT2D eigenvalue weighted by molar-refractivity contribution is 6.06. The summed E-state index contributed by atoms with van der Waals surface area (Å²) in [5, 5.41) is 4.21. The van der Waals surface area contributed by atoms with Crippen molar-refractivity contribution in [2.24, 2.45) is 5.73 Å². The van der Waals surface area contributed by atoms with E-state index in [0.717, 1.165) is 12.1 Å². The molecule has 0 fully saturated rings. The van der Waals surface area contributed by atoms with Crippen LogP contribution < -0.4 is 10.6 Å². The lowest BCUT2D eigenvalue weighted by molar-refractivity contribution is 0.0992. The Hall–Kier alpha value is -2.21. The largest absolute Gasteiger partial charge is 0.330 e. The molecule has 1 aromatic carbocycles. The number of hydrogen-bond donors (Lipinski definition) is 1. The fourth-order valence-corrected chi connectivity index (χ4v) is 2.11. The van der Waals surface area contributed by atoms with E-state index >= 15 is 0 Å². The standard InChI is InChI=1S/C15H19FN4O/c1-11-14(10-18-20(11)8-4-7-17)15(21)19(2)13-6-3-5-12(16)9-13/h3,5-6,9-10H,4,7-8,17H2,1-2H3. The van der Waals surface area contributed by atoms with Gasteiger partial charge in [0, 0.05) is 25.0 Å². The van der Waals surface area contributed by atoms with Crippen LogP contribution in [0.4, 0.5) is 10.1 Å². The number of benzene rings is 1. The number of anilines is 1. The predicted octanol–water partition coefficient (Wildman–Crippen LogP) is 1.96. The first-order valence-corrected chi connectivity index (χ1v) is 6.80. The van der Waals surface area contributed by atoms with E-state index in [1.54, 1.807) is 30.1 Å². The van der Waals surface area contributed by atoms with Crippen molar-refractivity contribution in [3.8, 4) is 0 Å². The molecule has 0 aliphatic heterocycles. The van der Waals surface area contributed by atoms with E-state index in [-0.39, 0.29) is 11.7 Å². The van der Waals surface area contributed by atoms with Gasteiger partial charge in [-0.1, -0.05) is 6.07 Å². The molecular weight excluding hydrogens is 271 g/mol. The molecule has 0 bridgehead atoms. The summed E-state index contributed by atoms with van der Waals surface area (Å²) in [6, 6.07) is 5.94. The molecular formula is C15H19FN4O. The van der Waals surface area contributed by atoms with Crippen LogP contribution in [-0.2, 0) is 6.54 Å². The first kappa shape index (κ1) is 15.2. The summed E-state index contributed by atoms with van der Waals surface area (Å²) in [5.74, 6) is -0.584. The van der Waals surface area contributed by atoms with Gasteiger partial charge in [-0.2, -0.15) is 5.10 Å². The minimum atomic E-state index is -0.373. The van der Waals surface area contributed by atoms with Gasteiger partial charge in [-0.05, 0) is 38.1 Å². The summed E-state index contributed by atoms with van der Waals surface area (Å²) in [6.07, 6.45) is 2.35. The van der Waals surface area contributed by atoms with E-state index in [1.807, 2.05) is 6.92 Å². The number of halogens is 1. The molecule has 0 saturated heterocycles. The van der Waals surface area contributed by atoms with Gasteiger partial charge in [0.25, 0.3) is 5.91 Å². The predicted molar refractivity (Wildman–Crippen MR) is 79.8 cm³/mol. The maximum atomic E-state index is 13.2. The molecule has 1 heterocycles. The Morgan fingerprint density at radius 2 is 2.24 bits per heavy atom. The first-order chi connectivity index (χ1) is 10.0. The lowest BCUT2D eigenvalue weighted by Crippen LogP contribution is -2.26. The van der Waals surface area contributed by atoms with Gasteiger partial charge >= 0.3 is 0 Å². The number of aryl methyl sites for hydroxylation is 1. The first-order valence-electron chi connectivity index (χ1n) is 6.80. The Balaban J connectivity index is 2.22. The van der Waals surface area contributed by atoms with Gasteiger partial charge in [0.2, 0.25) is 0 Å². The van der Waals surface area contributed by atoms with E-state index in [0.29, 0.717) is 24.3 Å². The van der Waals surface area contributed by atoms with Crippen LogP contribution in [0.15, 0.2) is 30.5 Å². The summed E-state index contributed by atoms with van der Waals surface area (Å²) in [6.45, 7) is 3.10. The minimum Gasteiger partial charge on any atom is -0.330 e. The van der Waals surface area contributed by atoms with E-state index in [2.05, 4.69) is 5.10 Å². The third kappa shape index (κ3) is 3.28. The smallest absolute Gasteiger partial charge is 0.261 e. The molecule has 0 spiro atoms. The number of rotatable bonds is 5. The van der Waals surface area contributed by atoms with E-state index in [4.69, 9.17) is 5.73 Å². The van der Waals surface area contributed by atoms with Crippen LogP contribution in [0.2, 0.25) is 0 Å². The Morgan fingerprint density at radius 3 is 2.90 bits per heavy atom. The Morgan fingerprint density at radius 1 is 1.48 bits per heavy atom. The molecule has 2 aromatic rings. The minimum absolute atomic E-state index is 0.211. The second-order valence-corrected chi connectivity index (χ2v) is 4.85. The number of hydrogen-bond acceptors (Lipinski definition) is 3. The molecule has 0 saturated carbocycles. The van der Waals surface area contributed by atoms with Crippen molar-refractivity contribution >= 4 is 11.6 Å². The zero-order valence-corrected chi connectivity index (χ0v) is 12.2. The molecule has 0 radical (unpaired) electrons. The summed E-state index contributed by atoms with van der Waals surface area (Å²) in [5.41, 5.74) is 7.29. The van der Waals surface area contributed by atoms with Crippen LogP contribution in [0, 0.1) is 12.7 Å². The summed E-state index contributed by atoms with van der Waals surface area (Å²) < 4.78 is 15.0. The highest BCUT2D eigenvalue weighted by Crippen LogP contribution is 2.18. The van der Waals surface area contributed by atoms with Gasteiger partial charge in [0.15, 0.2) is 0 Å². The third-order valence-corrected chi connectivity index (χ3v) is 3.41. The third-order valence-electron chi connectivity index (χ3n) is 3.41. The average Bonchev–Trinajstić information content (AvgIpc) is 2.84. The number of nitrogens with two attached hydrogens (primary N) is 1. The molecule has 0 aliphatic carbocycles. The Labute approximate surface area is 123 Å². The normalized spacial score (nSPS) is 10.7. The molecule has 6 heteroatoms. The van der Waals surface area contributed by atoms with E-state index in [9.17, 15) is 9.18 Å². The average molecular weight is 290 g/mol. The lowest BCUT2D eigenvalue weighted by atomic mass is 10.2. The topological polar surface area (TPSA) is 64.2 Å². The van der Waals surface area contributed by atoms with Gasteiger partial charge in [-0.15, -0.1) is 0 Å². The number of carbonyl (C=O) groups excluding carboxylic acids is 1. The lowest BCUT2D eigenvalue weighted by Gasteiger charge is -2.17. The Bertz CT molecular complexity index is 638. The summed E-state index contributed by atoms with van der Waals surface area (Å²) in [7, 11) is 1.62. The van der Waals surface area contributed by atoms with Crippen LogP contribution in [0.25, 0.3) is 0 Å². The van der Waals surface area contributed by atoms with Crippen molar-refractivity contribution in [2.75, 3.05) is 18.5 Å². The van der Waals surface area contributed by atoms with Crippen LogP contribution in [0.1, 0.15) is 22.5 Å². The van der Waals surface area contributed by atoms with Crippen LogP contribution in [-0.4, -0.2) is 29.3 Å². The highest BCUT2D eigenvalue weighted by atomic mass is 19.1. The molecule has 2 N–H and O–H groups in total. The molecule has 5 nitrogen and oxygen atoms in total. The summed E-state index contributed by atoms with van der Waals surface area (Å²) in [4.78, 5) is 13.9. The molecule has 0 unspecified atom stereocenters. The SMILES string of the molecule is Cc1c(C(=O)N(C)c2cccc(F)c2)cnn1CCCN. The van der Waals surface area contributed by atoms with Gasteiger partial charge in [0.05, 0.1) is 11.8 Å². The second kappa shape index (κ2) is 6.49. The zero-order valence-electron chi connectivity index (χ0n) is 12.2. The van der Waals surface area contributed by atoms with Gasteiger partial charge in [0.1, 0.15) is 5.82 Å². The maximum absolute atomic E-state index is 13.2. The second-order valence-electron chi connectivity index (χ2n) is 4.85.